The Bertz CT molecular complexity index is 861. The summed E-state index contributed by atoms with van der Waals surface area (Å²) in [6.45, 7) is 1.96. The number of halogens is 2. The maximum absolute atomic E-state index is 13.3. The van der Waals surface area contributed by atoms with E-state index in [1.165, 1.54) is 12.1 Å². The molecule has 7 heteroatoms. The van der Waals surface area contributed by atoms with Crippen LogP contribution < -0.4 is 9.47 Å². The summed E-state index contributed by atoms with van der Waals surface area (Å²) < 4.78 is 24.1. The van der Waals surface area contributed by atoms with Crippen LogP contribution in [-0.4, -0.2) is 36.2 Å². The Balaban J connectivity index is 1.52. The molecule has 1 saturated heterocycles. The predicted molar refractivity (Wildman–Crippen MR) is 104 cm³/mol. The zero-order chi connectivity index (χ0) is 18.1. The monoisotopic (exact) mass is 392 g/mol. The van der Waals surface area contributed by atoms with Crippen molar-refractivity contribution in [3.05, 3.63) is 52.8 Å². The lowest BCUT2D eigenvalue weighted by molar-refractivity contribution is 0.174. The highest BCUT2D eigenvalue weighted by atomic mass is 35.5. The van der Waals surface area contributed by atoms with Gasteiger partial charge in [-0.3, -0.25) is 0 Å². The Morgan fingerprint density at radius 1 is 1.23 bits per heavy atom. The first-order chi connectivity index (χ1) is 12.6. The molecule has 1 atom stereocenters. The largest absolute Gasteiger partial charge is 0.454 e. The van der Waals surface area contributed by atoms with Gasteiger partial charge in [-0.05, 0) is 42.5 Å². The average Bonchev–Trinajstić information content (AvgIpc) is 3.28. The third-order valence-electron chi connectivity index (χ3n) is 4.62. The van der Waals surface area contributed by atoms with Gasteiger partial charge in [-0.15, -0.1) is 0 Å². The lowest BCUT2D eigenvalue weighted by Crippen LogP contribution is -2.25. The van der Waals surface area contributed by atoms with Crippen molar-refractivity contribution in [2.24, 2.45) is 4.99 Å². The molecule has 4 rings (SSSR count). The van der Waals surface area contributed by atoms with Crippen molar-refractivity contribution >= 4 is 34.2 Å². The van der Waals surface area contributed by atoms with E-state index < -0.39 is 0 Å². The number of hydrogen-bond donors (Lipinski definition) is 0. The predicted octanol–water partition coefficient (Wildman–Crippen LogP) is 5.05. The lowest BCUT2D eigenvalue weighted by Gasteiger charge is -2.19. The van der Waals surface area contributed by atoms with Gasteiger partial charge in [-0.2, -0.15) is 0 Å². The summed E-state index contributed by atoms with van der Waals surface area (Å²) in [7, 11) is 0. The number of aliphatic imine (C=N–C) groups is 1. The Hall–Kier alpha value is -1.92. The van der Waals surface area contributed by atoms with Crippen molar-refractivity contribution < 1.29 is 13.9 Å². The zero-order valence-electron chi connectivity index (χ0n) is 14.2. The Morgan fingerprint density at radius 2 is 2.08 bits per heavy atom. The van der Waals surface area contributed by atoms with E-state index in [9.17, 15) is 4.39 Å². The van der Waals surface area contributed by atoms with Crippen molar-refractivity contribution in [1.82, 2.24) is 4.90 Å². The molecule has 4 nitrogen and oxygen atoms in total. The summed E-state index contributed by atoms with van der Waals surface area (Å²) in [6.07, 6.45) is 2.98. The first-order valence-corrected chi connectivity index (χ1v) is 9.96. The summed E-state index contributed by atoms with van der Waals surface area (Å²) in [6, 6.07) is 10.3. The van der Waals surface area contributed by atoms with Gasteiger partial charge in [0.1, 0.15) is 5.82 Å². The van der Waals surface area contributed by atoms with Crippen molar-refractivity contribution in [3.63, 3.8) is 0 Å². The summed E-state index contributed by atoms with van der Waals surface area (Å²) in [4.78, 5) is 7.03. The third kappa shape index (κ3) is 3.48. The minimum atomic E-state index is -0.303. The Labute approximate surface area is 161 Å². The molecule has 136 valence electrons. The number of ether oxygens (including phenoxy) is 2. The minimum absolute atomic E-state index is 0.254. The second-order valence-corrected chi connectivity index (χ2v) is 7.41. The molecule has 2 aromatic rings. The van der Waals surface area contributed by atoms with Gasteiger partial charge in [0.2, 0.25) is 6.79 Å². The zero-order valence-corrected chi connectivity index (χ0v) is 15.8. The molecule has 0 spiro atoms. The standard InChI is InChI=1S/C19H18ClFN2O2S/c1-26-19(22-14-3-5-17-18(9-14)25-11-24-17)23-7-6-12(10-23)15-4-2-13(21)8-16(15)20/h2-5,8-9,12H,6-7,10-11H2,1H3/b22-19+. The number of hydrogen-bond acceptors (Lipinski definition) is 4. The molecule has 2 heterocycles. The van der Waals surface area contributed by atoms with Gasteiger partial charge >= 0.3 is 0 Å². The normalized spacial score (nSPS) is 19.3. The molecule has 0 saturated carbocycles. The van der Waals surface area contributed by atoms with Crippen LogP contribution in [0.5, 0.6) is 11.5 Å². The quantitative estimate of drug-likeness (QED) is 0.529. The van der Waals surface area contributed by atoms with E-state index in [0.29, 0.717) is 5.02 Å². The average molecular weight is 393 g/mol. The molecule has 2 aliphatic rings. The fraction of sp³-hybridized carbons (Fsp3) is 0.316. The van der Waals surface area contributed by atoms with Crippen molar-refractivity contribution in [2.45, 2.75) is 12.3 Å². The van der Waals surface area contributed by atoms with Crippen molar-refractivity contribution in [2.75, 3.05) is 26.1 Å². The molecular weight excluding hydrogens is 375 g/mol. The molecular formula is C19H18ClFN2O2S. The molecule has 0 aliphatic carbocycles. The second-order valence-electron chi connectivity index (χ2n) is 6.23. The van der Waals surface area contributed by atoms with Crippen LogP contribution in [0, 0.1) is 5.82 Å². The molecule has 0 radical (unpaired) electrons. The number of likely N-dealkylation sites (tertiary alicyclic amines) is 1. The van der Waals surface area contributed by atoms with Gasteiger partial charge in [0.15, 0.2) is 16.7 Å². The van der Waals surface area contributed by atoms with Gasteiger partial charge in [-0.1, -0.05) is 29.4 Å². The topological polar surface area (TPSA) is 34.1 Å². The van der Waals surface area contributed by atoms with Crippen LogP contribution in [0.1, 0.15) is 17.9 Å². The molecule has 0 bridgehead atoms. The van der Waals surface area contributed by atoms with Crippen LogP contribution in [0.3, 0.4) is 0 Å². The molecule has 0 amide bonds. The lowest BCUT2D eigenvalue weighted by atomic mass is 9.98. The summed E-state index contributed by atoms with van der Waals surface area (Å²) in [5.74, 6) is 1.45. The van der Waals surface area contributed by atoms with Crippen LogP contribution in [0.2, 0.25) is 5.02 Å². The number of rotatable bonds is 2. The van der Waals surface area contributed by atoms with E-state index in [-0.39, 0.29) is 18.5 Å². The van der Waals surface area contributed by atoms with Crippen LogP contribution in [0.15, 0.2) is 41.4 Å². The van der Waals surface area contributed by atoms with Gasteiger partial charge in [-0.25, -0.2) is 9.38 Å². The fourth-order valence-corrected chi connectivity index (χ4v) is 4.27. The SMILES string of the molecule is CS/C(=N/c1ccc2c(c1)OCO2)N1CCC(c2ccc(F)cc2Cl)C1. The second kappa shape index (κ2) is 7.37. The van der Waals surface area contributed by atoms with Crippen LogP contribution in [-0.2, 0) is 0 Å². The van der Waals surface area contributed by atoms with E-state index in [4.69, 9.17) is 26.1 Å². The van der Waals surface area contributed by atoms with Crippen LogP contribution in [0.4, 0.5) is 10.1 Å². The number of benzene rings is 2. The molecule has 26 heavy (non-hydrogen) atoms. The van der Waals surface area contributed by atoms with Gasteiger partial charge in [0, 0.05) is 30.1 Å². The molecule has 1 fully saturated rings. The molecule has 0 N–H and O–H groups in total. The molecule has 0 aromatic heterocycles. The Kier molecular flexibility index (Phi) is 4.96. The number of amidine groups is 1. The first kappa shape index (κ1) is 17.5. The molecule has 2 aromatic carbocycles. The maximum atomic E-state index is 13.3. The summed E-state index contributed by atoms with van der Waals surface area (Å²) >= 11 is 7.84. The minimum Gasteiger partial charge on any atom is -0.454 e. The van der Waals surface area contributed by atoms with Gasteiger partial charge in [0.05, 0.1) is 5.69 Å². The van der Waals surface area contributed by atoms with E-state index in [1.54, 1.807) is 17.8 Å². The highest BCUT2D eigenvalue weighted by molar-refractivity contribution is 8.13. The van der Waals surface area contributed by atoms with E-state index in [2.05, 4.69) is 4.90 Å². The molecule has 2 aliphatic heterocycles. The number of thioether (sulfide) groups is 1. The van der Waals surface area contributed by atoms with Crippen LogP contribution in [0.25, 0.3) is 0 Å². The third-order valence-corrected chi connectivity index (χ3v) is 5.67. The van der Waals surface area contributed by atoms with E-state index in [1.807, 2.05) is 24.5 Å². The van der Waals surface area contributed by atoms with Crippen LogP contribution >= 0.6 is 23.4 Å². The molecule has 1 unspecified atom stereocenters. The smallest absolute Gasteiger partial charge is 0.231 e. The summed E-state index contributed by atoms with van der Waals surface area (Å²) in [5, 5.41) is 1.44. The van der Waals surface area contributed by atoms with Gasteiger partial charge < -0.3 is 14.4 Å². The highest BCUT2D eigenvalue weighted by Gasteiger charge is 2.27. The fourth-order valence-electron chi connectivity index (χ4n) is 3.33. The number of fused-ring (bicyclic) bond motifs is 1. The van der Waals surface area contributed by atoms with E-state index in [0.717, 1.165) is 47.4 Å². The maximum Gasteiger partial charge on any atom is 0.231 e. The van der Waals surface area contributed by atoms with Gasteiger partial charge in [0.25, 0.3) is 0 Å². The van der Waals surface area contributed by atoms with E-state index >= 15 is 0 Å². The number of nitrogens with zero attached hydrogens (tertiary/aromatic N) is 2. The Morgan fingerprint density at radius 3 is 2.88 bits per heavy atom. The van der Waals surface area contributed by atoms with Crippen molar-refractivity contribution in [1.29, 1.82) is 0 Å². The first-order valence-electron chi connectivity index (χ1n) is 8.36. The summed E-state index contributed by atoms with van der Waals surface area (Å²) in [5.41, 5.74) is 1.83. The highest BCUT2D eigenvalue weighted by Crippen LogP contribution is 2.37. The van der Waals surface area contributed by atoms with Crippen molar-refractivity contribution in [3.8, 4) is 11.5 Å².